The van der Waals surface area contributed by atoms with E-state index < -0.39 is 0 Å². The lowest BCUT2D eigenvalue weighted by atomic mass is 9.98. The predicted octanol–water partition coefficient (Wildman–Crippen LogP) is 1.38. The number of ether oxygens (including phenoxy) is 1. The molecule has 0 unspecified atom stereocenters. The number of hydrogen-bond acceptors (Lipinski definition) is 3. The zero-order valence-corrected chi connectivity index (χ0v) is 10.7. The summed E-state index contributed by atoms with van der Waals surface area (Å²) in [5, 5.41) is 2.83. The van der Waals surface area contributed by atoms with E-state index in [1.54, 1.807) is 11.8 Å². The van der Waals surface area contributed by atoms with Crippen molar-refractivity contribution in [3.8, 4) is 0 Å². The summed E-state index contributed by atoms with van der Waals surface area (Å²) >= 11 is 0. The fourth-order valence-corrected chi connectivity index (χ4v) is 1.96. The van der Waals surface area contributed by atoms with Crippen molar-refractivity contribution in [2.75, 3.05) is 26.2 Å². The number of urea groups is 1. The summed E-state index contributed by atoms with van der Waals surface area (Å²) in [5.41, 5.74) is 0. The van der Waals surface area contributed by atoms with Gasteiger partial charge < -0.3 is 15.0 Å². The van der Waals surface area contributed by atoms with E-state index in [0.717, 1.165) is 25.8 Å². The molecule has 0 aromatic rings. The van der Waals surface area contributed by atoms with Crippen LogP contribution in [0.3, 0.4) is 0 Å². The van der Waals surface area contributed by atoms with Crippen molar-refractivity contribution in [1.29, 1.82) is 0 Å². The topological polar surface area (TPSA) is 58.6 Å². The molecule has 2 amide bonds. The van der Waals surface area contributed by atoms with Gasteiger partial charge in [0.15, 0.2) is 0 Å². The van der Waals surface area contributed by atoms with E-state index in [1.807, 2.05) is 6.92 Å². The maximum atomic E-state index is 11.7. The molecule has 1 rings (SSSR count). The maximum absolute atomic E-state index is 11.7. The molecule has 5 nitrogen and oxygen atoms in total. The van der Waals surface area contributed by atoms with E-state index in [9.17, 15) is 9.59 Å². The van der Waals surface area contributed by atoms with Crippen LogP contribution in [0.25, 0.3) is 0 Å². The first-order valence-corrected chi connectivity index (χ1v) is 6.38. The van der Waals surface area contributed by atoms with Crippen molar-refractivity contribution < 1.29 is 14.3 Å². The Kier molecular flexibility index (Phi) is 5.80. The number of hydrogen-bond donors (Lipinski definition) is 1. The van der Waals surface area contributed by atoms with Crippen molar-refractivity contribution in [2.24, 2.45) is 5.92 Å². The lowest BCUT2D eigenvalue weighted by Gasteiger charge is -2.31. The number of likely N-dealkylation sites (tertiary alicyclic amines) is 1. The highest BCUT2D eigenvalue weighted by molar-refractivity contribution is 5.77. The standard InChI is InChI=1S/C12H22N2O3/c1-3-7-13-12(16)14-8-5-6-10(9-14)11(15)17-4-2/h10H,3-9H2,1-2H3,(H,13,16)/t10-/m0/s1. The average molecular weight is 242 g/mol. The van der Waals surface area contributed by atoms with Gasteiger partial charge in [0.25, 0.3) is 0 Å². The van der Waals surface area contributed by atoms with E-state index in [0.29, 0.717) is 19.7 Å². The highest BCUT2D eigenvalue weighted by Gasteiger charge is 2.28. The van der Waals surface area contributed by atoms with Crippen molar-refractivity contribution in [2.45, 2.75) is 33.1 Å². The number of piperidine rings is 1. The van der Waals surface area contributed by atoms with E-state index in [-0.39, 0.29) is 17.9 Å². The Morgan fingerprint density at radius 3 is 2.82 bits per heavy atom. The van der Waals surface area contributed by atoms with Gasteiger partial charge in [-0.25, -0.2) is 4.79 Å². The minimum Gasteiger partial charge on any atom is -0.466 e. The molecule has 1 aliphatic heterocycles. The van der Waals surface area contributed by atoms with E-state index >= 15 is 0 Å². The van der Waals surface area contributed by atoms with Gasteiger partial charge in [-0.1, -0.05) is 6.92 Å². The van der Waals surface area contributed by atoms with Crippen LogP contribution in [0.2, 0.25) is 0 Å². The minimum atomic E-state index is -0.180. The van der Waals surface area contributed by atoms with Gasteiger partial charge in [0.05, 0.1) is 12.5 Å². The zero-order chi connectivity index (χ0) is 12.7. The first kappa shape index (κ1) is 13.8. The second kappa shape index (κ2) is 7.14. The first-order valence-electron chi connectivity index (χ1n) is 6.38. The van der Waals surface area contributed by atoms with Crippen LogP contribution in [-0.4, -0.2) is 43.1 Å². The summed E-state index contributed by atoms with van der Waals surface area (Å²) in [4.78, 5) is 25.1. The van der Waals surface area contributed by atoms with Gasteiger partial charge in [-0.3, -0.25) is 4.79 Å². The summed E-state index contributed by atoms with van der Waals surface area (Å²) in [6.45, 7) is 6.10. The molecule has 1 aliphatic rings. The molecule has 1 heterocycles. The zero-order valence-electron chi connectivity index (χ0n) is 10.7. The molecule has 0 radical (unpaired) electrons. The van der Waals surface area contributed by atoms with Crippen LogP contribution < -0.4 is 5.32 Å². The highest BCUT2D eigenvalue weighted by Crippen LogP contribution is 2.17. The molecule has 1 saturated heterocycles. The number of carbonyl (C=O) groups excluding carboxylic acids is 2. The number of nitrogens with zero attached hydrogens (tertiary/aromatic N) is 1. The molecule has 0 saturated carbocycles. The third kappa shape index (κ3) is 4.24. The molecule has 5 heteroatoms. The van der Waals surface area contributed by atoms with Gasteiger partial charge in [-0.05, 0) is 26.2 Å². The van der Waals surface area contributed by atoms with Gasteiger partial charge in [-0.2, -0.15) is 0 Å². The van der Waals surface area contributed by atoms with Crippen LogP contribution in [-0.2, 0) is 9.53 Å². The molecule has 0 spiro atoms. The summed E-state index contributed by atoms with van der Waals surface area (Å²) in [5.74, 6) is -0.337. The van der Waals surface area contributed by atoms with Gasteiger partial charge in [-0.15, -0.1) is 0 Å². The molecule has 17 heavy (non-hydrogen) atoms. The summed E-state index contributed by atoms with van der Waals surface area (Å²) in [6, 6.07) is -0.0687. The molecule has 0 aromatic heterocycles. The smallest absolute Gasteiger partial charge is 0.317 e. The average Bonchev–Trinajstić information content (AvgIpc) is 2.36. The Morgan fingerprint density at radius 1 is 1.41 bits per heavy atom. The fourth-order valence-electron chi connectivity index (χ4n) is 1.96. The maximum Gasteiger partial charge on any atom is 0.317 e. The molecule has 1 N–H and O–H groups in total. The van der Waals surface area contributed by atoms with Crippen LogP contribution in [0.15, 0.2) is 0 Å². The van der Waals surface area contributed by atoms with E-state index in [2.05, 4.69) is 5.32 Å². The monoisotopic (exact) mass is 242 g/mol. The normalized spacial score (nSPS) is 19.9. The lowest BCUT2D eigenvalue weighted by molar-refractivity contribution is -0.149. The molecular weight excluding hydrogens is 220 g/mol. The molecular formula is C12H22N2O3. The second-order valence-corrected chi connectivity index (χ2v) is 4.27. The number of carbonyl (C=O) groups is 2. The molecule has 1 fully saturated rings. The Labute approximate surface area is 102 Å². The predicted molar refractivity (Wildman–Crippen MR) is 64.6 cm³/mol. The molecule has 98 valence electrons. The molecule has 0 aliphatic carbocycles. The third-order valence-electron chi connectivity index (χ3n) is 2.85. The molecule has 1 atom stereocenters. The number of amides is 2. The van der Waals surface area contributed by atoms with Crippen LogP contribution in [0.5, 0.6) is 0 Å². The Bertz CT molecular complexity index is 268. The number of nitrogens with one attached hydrogen (secondary N) is 1. The summed E-state index contributed by atoms with van der Waals surface area (Å²) in [7, 11) is 0. The molecule has 0 aromatic carbocycles. The Balaban J connectivity index is 2.42. The molecule has 0 bridgehead atoms. The highest BCUT2D eigenvalue weighted by atomic mass is 16.5. The quantitative estimate of drug-likeness (QED) is 0.758. The van der Waals surface area contributed by atoms with Crippen LogP contribution >= 0.6 is 0 Å². The number of rotatable bonds is 4. The van der Waals surface area contributed by atoms with Gasteiger partial charge in [0, 0.05) is 19.6 Å². The second-order valence-electron chi connectivity index (χ2n) is 4.27. The van der Waals surface area contributed by atoms with E-state index in [1.165, 1.54) is 0 Å². The lowest BCUT2D eigenvalue weighted by Crippen LogP contribution is -2.47. The first-order chi connectivity index (χ1) is 8.19. The number of esters is 1. The van der Waals surface area contributed by atoms with Crippen LogP contribution in [0.4, 0.5) is 4.79 Å². The van der Waals surface area contributed by atoms with Crippen molar-refractivity contribution in [3.05, 3.63) is 0 Å². The van der Waals surface area contributed by atoms with E-state index in [4.69, 9.17) is 4.74 Å². The van der Waals surface area contributed by atoms with Crippen molar-refractivity contribution >= 4 is 12.0 Å². The van der Waals surface area contributed by atoms with Gasteiger partial charge >= 0.3 is 12.0 Å². The Hall–Kier alpha value is -1.26. The SMILES string of the molecule is CCCNC(=O)N1CCC[C@H](C(=O)OCC)C1. The summed E-state index contributed by atoms with van der Waals surface area (Å²) < 4.78 is 4.99. The van der Waals surface area contributed by atoms with Crippen LogP contribution in [0, 0.1) is 5.92 Å². The van der Waals surface area contributed by atoms with Crippen molar-refractivity contribution in [1.82, 2.24) is 10.2 Å². The third-order valence-corrected chi connectivity index (χ3v) is 2.85. The van der Waals surface area contributed by atoms with Gasteiger partial charge in [0.1, 0.15) is 0 Å². The van der Waals surface area contributed by atoms with Crippen LogP contribution in [0.1, 0.15) is 33.1 Å². The van der Waals surface area contributed by atoms with Crippen molar-refractivity contribution in [3.63, 3.8) is 0 Å². The van der Waals surface area contributed by atoms with Gasteiger partial charge in [0.2, 0.25) is 0 Å². The Morgan fingerprint density at radius 2 is 2.18 bits per heavy atom. The largest absolute Gasteiger partial charge is 0.466 e. The summed E-state index contributed by atoms with van der Waals surface area (Å²) in [6.07, 6.45) is 2.60. The minimum absolute atomic E-state index is 0.0687. The fraction of sp³-hybridized carbons (Fsp3) is 0.833.